The fourth-order valence-electron chi connectivity index (χ4n) is 4.59. The van der Waals surface area contributed by atoms with Gasteiger partial charge in [0.15, 0.2) is 0 Å². The summed E-state index contributed by atoms with van der Waals surface area (Å²) in [5.74, 6) is -0.389. The van der Waals surface area contributed by atoms with Crippen molar-refractivity contribution in [3.63, 3.8) is 0 Å². The minimum Gasteiger partial charge on any atom is -0.337 e. The van der Waals surface area contributed by atoms with Gasteiger partial charge in [-0.1, -0.05) is 23.3 Å². The van der Waals surface area contributed by atoms with E-state index >= 15 is 0 Å². The summed E-state index contributed by atoms with van der Waals surface area (Å²) in [5.41, 5.74) is 3.09. The Kier molecular flexibility index (Phi) is 4.90. The summed E-state index contributed by atoms with van der Waals surface area (Å²) in [6.45, 7) is 5.87. The first-order chi connectivity index (χ1) is 13.8. The molecule has 2 amide bonds. The van der Waals surface area contributed by atoms with Crippen LogP contribution in [0.3, 0.4) is 0 Å². The minimum absolute atomic E-state index is 0.0243. The highest BCUT2D eigenvalue weighted by Gasteiger charge is 2.48. The van der Waals surface area contributed by atoms with Crippen LogP contribution in [0.15, 0.2) is 42.5 Å². The van der Waals surface area contributed by atoms with E-state index < -0.39 is 0 Å². The first-order valence-electron chi connectivity index (χ1n) is 9.92. The summed E-state index contributed by atoms with van der Waals surface area (Å²) in [7, 11) is 1.94. The number of carbonyl (C=O) groups is 2. The molecule has 4 rings (SSSR count). The Morgan fingerprint density at radius 1 is 1.07 bits per heavy atom. The second-order valence-corrected chi connectivity index (χ2v) is 8.39. The summed E-state index contributed by atoms with van der Waals surface area (Å²) in [6.07, 6.45) is 0.777. The fourth-order valence-corrected chi connectivity index (χ4v) is 4.59. The number of aryl methyl sites for hydroxylation is 2. The van der Waals surface area contributed by atoms with Crippen molar-refractivity contribution >= 4 is 17.5 Å². The molecule has 0 aliphatic carbocycles. The van der Waals surface area contributed by atoms with Gasteiger partial charge >= 0.3 is 0 Å². The number of carbonyl (C=O) groups excluding carboxylic acids is 2. The third-order valence-corrected chi connectivity index (χ3v) is 6.14. The number of likely N-dealkylation sites (tertiary alicyclic amines) is 1. The molecule has 1 unspecified atom stereocenters. The van der Waals surface area contributed by atoms with Gasteiger partial charge < -0.3 is 9.80 Å². The highest BCUT2D eigenvalue weighted by atomic mass is 19.1. The van der Waals surface area contributed by atoms with Gasteiger partial charge in [0.25, 0.3) is 5.91 Å². The average molecular weight is 395 g/mol. The highest BCUT2D eigenvalue weighted by Crippen LogP contribution is 2.34. The molecule has 2 saturated heterocycles. The van der Waals surface area contributed by atoms with Crippen LogP contribution >= 0.6 is 0 Å². The molecule has 0 N–H and O–H groups in total. The van der Waals surface area contributed by atoms with E-state index in [1.807, 2.05) is 37.9 Å². The van der Waals surface area contributed by atoms with Crippen molar-refractivity contribution in [3.05, 3.63) is 65.0 Å². The molecule has 2 aliphatic heterocycles. The van der Waals surface area contributed by atoms with Crippen LogP contribution in [0.2, 0.25) is 0 Å². The van der Waals surface area contributed by atoms with Gasteiger partial charge in [-0.05, 0) is 57.6 Å². The van der Waals surface area contributed by atoms with Crippen LogP contribution in [-0.4, -0.2) is 60.4 Å². The molecule has 2 fully saturated rings. The van der Waals surface area contributed by atoms with Crippen LogP contribution in [0.25, 0.3) is 0 Å². The monoisotopic (exact) mass is 395 g/mol. The number of halogens is 1. The molecule has 1 atom stereocenters. The molecule has 0 aromatic heterocycles. The van der Waals surface area contributed by atoms with E-state index in [0.717, 1.165) is 17.5 Å². The van der Waals surface area contributed by atoms with Gasteiger partial charge in [0.1, 0.15) is 5.82 Å². The molecule has 6 heteroatoms. The molecule has 0 radical (unpaired) electrons. The number of hydrogen-bond acceptors (Lipinski definition) is 3. The van der Waals surface area contributed by atoms with Gasteiger partial charge in [-0.2, -0.15) is 0 Å². The number of likely N-dealkylation sites (N-methyl/N-ethyl adjacent to an activating group) is 1. The molecular weight excluding hydrogens is 369 g/mol. The maximum absolute atomic E-state index is 13.7. The predicted octanol–water partition coefficient (Wildman–Crippen LogP) is 3.01. The second kappa shape index (κ2) is 7.26. The topological polar surface area (TPSA) is 43.9 Å². The first kappa shape index (κ1) is 19.6. The molecule has 2 heterocycles. The van der Waals surface area contributed by atoms with E-state index in [2.05, 4.69) is 11.0 Å². The number of hydrogen-bond donors (Lipinski definition) is 0. The van der Waals surface area contributed by atoms with Crippen LogP contribution in [0, 0.1) is 19.7 Å². The highest BCUT2D eigenvalue weighted by molar-refractivity contribution is 5.97. The van der Waals surface area contributed by atoms with Crippen molar-refractivity contribution in [1.29, 1.82) is 0 Å². The lowest BCUT2D eigenvalue weighted by molar-refractivity contribution is -0.123. The number of piperazine rings is 1. The summed E-state index contributed by atoms with van der Waals surface area (Å²) < 4.78 is 13.7. The third kappa shape index (κ3) is 3.65. The van der Waals surface area contributed by atoms with Crippen LogP contribution in [0.1, 0.15) is 27.9 Å². The molecule has 29 heavy (non-hydrogen) atoms. The van der Waals surface area contributed by atoms with E-state index in [0.29, 0.717) is 30.9 Å². The fraction of sp³-hybridized carbons (Fsp3) is 0.391. The Morgan fingerprint density at radius 2 is 1.79 bits per heavy atom. The van der Waals surface area contributed by atoms with Crippen molar-refractivity contribution in [1.82, 2.24) is 9.80 Å². The predicted molar refractivity (Wildman–Crippen MR) is 111 cm³/mol. The second-order valence-electron chi connectivity index (χ2n) is 8.39. The first-order valence-corrected chi connectivity index (χ1v) is 9.92. The average Bonchev–Trinajstić information content (AvgIpc) is 3.09. The van der Waals surface area contributed by atoms with Crippen LogP contribution in [-0.2, 0) is 4.79 Å². The smallest absolute Gasteiger partial charge is 0.253 e. The maximum atomic E-state index is 13.7. The Hall–Kier alpha value is -2.73. The van der Waals surface area contributed by atoms with E-state index in [4.69, 9.17) is 0 Å². The molecule has 0 saturated carbocycles. The lowest BCUT2D eigenvalue weighted by Crippen LogP contribution is -2.64. The quantitative estimate of drug-likeness (QED) is 0.785. The lowest BCUT2D eigenvalue weighted by Gasteiger charge is -2.46. The largest absolute Gasteiger partial charge is 0.337 e. The number of amides is 2. The van der Waals surface area contributed by atoms with Crippen LogP contribution in [0.4, 0.5) is 10.1 Å². The van der Waals surface area contributed by atoms with E-state index in [1.165, 1.54) is 12.1 Å². The number of nitrogens with zero attached hydrogens (tertiary/aromatic N) is 3. The van der Waals surface area contributed by atoms with Gasteiger partial charge in [0, 0.05) is 30.9 Å². The molecule has 2 aromatic rings. The van der Waals surface area contributed by atoms with Crippen molar-refractivity contribution in [2.75, 3.05) is 38.1 Å². The normalized spacial score (nSPS) is 22.6. The Bertz CT molecular complexity index is 956. The Morgan fingerprint density at radius 3 is 2.48 bits per heavy atom. The molecule has 2 aromatic carbocycles. The number of rotatable bonds is 2. The SMILES string of the molecule is Cc1cc(C)cc(C(=O)N2CCC3(C2)CN(c2cccc(F)c2)C(=O)CN3C)c1. The van der Waals surface area contributed by atoms with Crippen molar-refractivity contribution in [2.24, 2.45) is 0 Å². The molecule has 2 aliphatic rings. The molecular formula is C23H26FN3O2. The van der Waals surface area contributed by atoms with Crippen molar-refractivity contribution < 1.29 is 14.0 Å². The Labute approximate surface area is 170 Å². The standard InChI is InChI=1S/C23H26FN3O2/c1-16-9-17(2)11-18(10-16)22(29)26-8-7-23(14-26)15-27(21(28)13-25(23)3)20-6-4-5-19(24)12-20/h4-6,9-12H,7-8,13-15H2,1-3H3. The number of benzene rings is 2. The van der Waals surface area contributed by atoms with Gasteiger partial charge in [-0.15, -0.1) is 0 Å². The van der Waals surface area contributed by atoms with Gasteiger partial charge in [0.05, 0.1) is 12.1 Å². The van der Waals surface area contributed by atoms with Crippen LogP contribution < -0.4 is 4.90 Å². The Balaban J connectivity index is 1.57. The van der Waals surface area contributed by atoms with E-state index in [1.54, 1.807) is 17.0 Å². The van der Waals surface area contributed by atoms with Gasteiger partial charge in [-0.25, -0.2) is 4.39 Å². The molecule has 1 spiro atoms. The molecule has 0 bridgehead atoms. The minimum atomic E-state index is -0.360. The third-order valence-electron chi connectivity index (χ3n) is 6.14. The zero-order chi connectivity index (χ0) is 20.8. The van der Waals surface area contributed by atoms with Gasteiger partial charge in [-0.3, -0.25) is 14.5 Å². The van der Waals surface area contributed by atoms with Crippen molar-refractivity contribution in [2.45, 2.75) is 25.8 Å². The van der Waals surface area contributed by atoms with Crippen molar-refractivity contribution in [3.8, 4) is 0 Å². The zero-order valence-corrected chi connectivity index (χ0v) is 17.1. The van der Waals surface area contributed by atoms with E-state index in [-0.39, 0.29) is 29.7 Å². The molecule has 5 nitrogen and oxygen atoms in total. The van der Waals surface area contributed by atoms with Gasteiger partial charge in [0.2, 0.25) is 5.91 Å². The maximum Gasteiger partial charge on any atom is 0.253 e. The summed E-state index contributed by atoms with van der Waals surface area (Å²) >= 11 is 0. The number of anilines is 1. The lowest BCUT2D eigenvalue weighted by atomic mass is 9.92. The van der Waals surface area contributed by atoms with Crippen LogP contribution in [0.5, 0.6) is 0 Å². The zero-order valence-electron chi connectivity index (χ0n) is 17.1. The summed E-state index contributed by atoms with van der Waals surface area (Å²) in [5, 5.41) is 0. The summed E-state index contributed by atoms with van der Waals surface area (Å²) in [6, 6.07) is 12.0. The molecule has 152 valence electrons. The van der Waals surface area contributed by atoms with E-state index in [9.17, 15) is 14.0 Å². The summed E-state index contributed by atoms with van der Waals surface area (Å²) in [4.78, 5) is 31.4.